The lowest BCUT2D eigenvalue weighted by Crippen LogP contribution is -2.46. The highest BCUT2D eigenvalue weighted by atomic mass is 32.2. The van der Waals surface area contributed by atoms with Gasteiger partial charge in [-0.1, -0.05) is 0 Å². The third-order valence-electron chi connectivity index (χ3n) is 3.00. The van der Waals surface area contributed by atoms with E-state index < -0.39 is 23.1 Å². The number of hydrogen-bond acceptors (Lipinski definition) is 4. The number of thioether (sulfide) groups is 1. The van der Waals surface area contributed by atoms with Crippen molar-refractivity contribution < 1.29 is 15.3 Å². The molecule has 3 N–H and O–H groups in total. The molecule has 1 heterocycles. The van der Waals surface area contributed by atoms with Crippen LogP contribution in [0.3, 0.4) is 0 Å². The van der Waals surface area contributed by atoms with Crippen molar-refractivity contribution in [3.63, 3.8) is 0 Å². The van der Waals surface area contributed by atoms with E-state index in [2.05, 4.69) is 0 Å². The lowest BCUT2D eigenvalue weighted by Gasteiger charge is -2.30. The van der Waals surface area contributed by atoms with Crippen LogP contribution < -0.4 is 0 Å². The van der Waals surface area contributed by atoms with Crippen LogP contribution >= 0.6 is 11.8 Å². The molecule has 2 aliphatic rings. The standard InChI is InChI=1S/C8H14O3S/c9-5-4-12-8(7(5)11)3-1-2-6(8)10/h5-7,9-11H,1-4H2/t5-,6+,7-,8-/m1/s1. The molecule has 0 aromatic carbocycles. The van der Waals surface area contributed by atoms with E-state index in [1.165, 1.54) is 11.8 Å². The molecule has 0 amide bonds. The Morgan fingerprint density at radius 2 is 2.00 bits per heavy atom. The third kappa shape index (κ3) is 1.02. The first-order chi connectivity index (χ1) is 5.67. The second kappa shape index (κ2) is 2.87. The van der Waals surface area contributed by atoms with Gasteiger partial charge in [-0.25, -0.2) is 0 Å². The Hall–Kier alpha value is 0.230. The first-order valence-electron chi connectivity index (χ1n) is 4.35. The Morgan fingerprint density at radius 1 is 1.25 bits per heavy atom. The van der Waals surface area contributed by atoms with E-state index in [1.54, 1.807) is 0 Å². The first kappa shape index (κ1) is 8.81. The number of aliphatic hydroxyl groups excluding tert-OH is 3. The van der Waals surface area contributed by atoms with E-state index in [9.17, 15) is 15.3 Å². The van der Waals surface area contributed by atoms with E-state index >= 15 is 0 Å². The molecule has 12 heavy (non-hydrogen) atoms. The Labute approximate surface area is 75.8 Å². The average Bonchev–Trinajstić information content (AvgIpc) is 2.54. The number of aliphatic hydroxyl groups is 3. The van der Waals surface area contributed by atoms with Gasteiger partial charge in [0.15, 0.2) is 0 Å². The molecule has 4 atom stereocenters. The Kier molecular flexibility index (Phi) is 2.11. The molecule has 1 aliphatic heterocycles. The molecule has 2 rings (SSSR count). The predicted octanol–water partition coefficient (Wildman–Crippen LogP) is -0.261. The van der Waals surface area contributed by atoms with Crippen molar-refractivity contribution in [1.29, 1.82) is 0 Å². The van der Waals surface area contributed by atoms with Crippen LogP contribution in [0.2, 0.25) is 0 Å². The fourth-order valence-corrected chi connectivity index (χ4v) is 3.83. The van der Waals surface area contributed by atoms with Crippen LogP contribution in [0, 0.1) is 0 Å². The van der Waals surface area contributed by atoms with E-state index in [1.807, 2.05) is 0 Å². The summed E-state index contributed by atoms with van der Waals surface area (Å²) >= 11 is 1.53. The molecule has 0 radical (unpaired) electrons. The zero-order valence-electron chi connectivity index (χ0n) is 6.81. The van der Waals surface area contributed by atoms with E-state index in [0.717, 1.165) is 19.3 Å². The fourth-order valence-electron chi connectivity index (χ4n) is 2.24. The summed E-state index contributed by atoms with van der Waals surface area (Å²) in [4.78, 5) is 0. The molecular weight excluding hydrogens is 176 g/mol. The molecule has 1 saturated carbocycles. The van der Waals surface area contributed by atoms with Gasteiger partial charge in [0.25, 0.3) is 0 Å². The second-order valence-corrected chi connectivity index (χ2v) is 5.07. The lowest BCUT2D eigenvalue weighted by atomic mass is 9.94. The fraction of sp³-hybridized carbons (Fsp3) is 1.00. The molecule has 1 saturated heterocycles. The van der Waals surface area contributed by atoms with Crippen LogP contribution in [-0.4, -0.2) is 44.1 Å². The molecule has 1 spiro atoms. The molecule has 3 nitrogen and oxygen atoms in total. The van der Waals surface area contributed by atoms with Crippen molar-refractivity contribution >= 4 is 11.8 Å². The van der Waals surface area contributed by atoms with E-state index in [0.29, 0.717) is 5.75 Å². The van der Waals surface area contributed by atoms with Crippen molar-refractivity contribution in [1.82, 2.24) is 0 Å². The molecule has 70 valence electrons. The van der Waals surface area contributed by atoms with Gasteiger partial charge in [-0.15, -0.1) is 11.8 Å². The minimum absolute atomic E-state index is 0.436. The number of hydrogen-bond donors (Lipinski definition) is 3. The predicted molar refractivity (Wildman–Crippen MR) is 47.1 cm³/mol. The monoisotopic (exact) mass is 190 g/mol. The van der Waals surface area contributed by atoms with Gasteiger partial charge >= 0.3 is 0 Å². The molecule has 2 fully saturated rings. The lowest BCUT2D eigenvalue weighted by molar-refractivity contribution is -0.0108. The van der Waals surface area contributed by atoms with Crippen molar-refractivity contribution in [2.75, 3.05) is 5.75 Å². The average molecular weight is 190 g/mol. The molecule has 0 unspecified atom stereocenters. The SMILES string of the molecule is O[C@@H]1CS[C@@]2(CCC[C@@H]2O)[C@@H]1O. The van der Waals surface area contributed by atoms with Crippen molar-refractivity contribution in [2.24, 2.45) is 0 Å². The molecule has 1 aliphatic carbocycles. The zero-order chi connectivity index (χ0) is 8.77. The van der Waals surface area contributed by atoms with E-state index in [4.69, 9.17) is 0 Å². The second-order valence-electron chi connectivity index (χ2n) is 3.69. The topological polar surface area (TPSA) is 60.7 Å². The van der Waals surface area contributed by atoms with Crippen LogP contribution in [0.4, 0.5) is 0 Å². The molecule has 0 aromatic heterocycles. The Balaban J connectivity index is 2.20. The van der Waals surface area contributed by atoms with Gasteiger partial charge < -0.3 is 15.3 Å². The van der Waals surface area contributed by atoms with Crippen molar-refractivity contribution in [3.8, 4) is 0 Å². The van der Waals surface area contributed by atoms with Crippen LogP contribution in [0.1, 0.15) is 19.3 Å². The Bertz CT molecular complexity index is 187. The normalized spacial score (nSPS) is 53.8. The van der Waals surface area contributed by atoms with Gasteiger partial charge in [-0.05, 0) is 19.3 Å². The van der Waals surface area contributed by atoms with Crippen molar-refractivity contribution in [2.45, 2.75) is 42.3 Å². The summed E-state index contributed by atoms with van der Waals surface area (Å²) in [5.74, 6) is 0.554. The summed E-state index contributed by atoms with van der Waals surface area (Å²) in [6.07, 6.45) is 0.726. The van der Waals surface area contributed by atoms with Gasteiger partial charge in [0, 0.05) is 5.75 Å². The maximum absolute atomic E-state index is 9.69. The molecule has 4 heteroatoms. The first-order valence-corrected chi connectivity index (χ1v) is 5.33. The summed E-state index contributed by atoms with van der Waals surface area (Å²) in [7, 11) is 0. The van der Waals surface area contributed by atoms with Crippen LogP contribution in [0.25, 0.3) is 0 Å². The largest absolute Gasteiger partial charge is 0.392 e. The van der Waals surface area contributed by atoms with Gasteiger partial charge in [-0.2, -0.15) is 0 Å². The van der Waals surface area contributed by atoms with Crippen LogP contribution in [-0.2, 0) is 0 Å². The summed E-state index contributed by atoms with van der Waals surface area (Å²) in [6, 6.07) is 0. The number of rotatable bonds is 0. The molecule has 0 aromatic rings. The maximum atomic E-state index is 9.69. The van der Waals surface area contributed by atoms with Gasteiger partial charge in [0.1, 0.15) is 0 Å². The van der Waals surface area contributed by atoms with Crippen LogP contribution in [0.5, 0.6) is 0 Å². The highest BCUT2D eigenvalue weighted by molar-refractivity contribution is 8.01. The minimum atomic E-state index is -0.736. The summed E-state index contributed by atoms with van der Waals surface area (Å²) in [5.41, 5.74) is 0. The highest BCUT2D eigenvalue weighted by Crippen LogP contribution is 2.49. The van der Waals surface area contributed by atoms with Gasteiger partial charge in [0.2, 0.25) is 0 Å². The van der Waals surface area contributed by atoms with Gasteiger partial charge in [0.05, 0.1) is 23.1 Å². The summed E-state index contributed by atoms with van der Waals surface area (Å²) in [5, 5.41) is 28.7. The molecular formula is C8H14O3S. The van der Waals surface area contributed by atoms with Crippen molar-refractivity contribution in [3.05, 3.63) is 0 Å². The van der Waals surface area contributed by atoms with Gasteiger partial charge in [-0.3, -0.25) is 0 Å². The third-order valence-corrected chi connectivity index (χ3v) is 4.76. The molecule has 0 bridgehead atoms. The zero-order valence-corrected chi connectivity index (χ0v) is 7.63. The minimum Gasteiger partial charge on any atom is -0.392 e. The maximum Gasteiger partial charge on any atom is 0.0978 e. The van der Waals surface area contributed by atoms with E-state index in [-0.39, 0.29) is 0 Å². The van der Waals surface area contributed by atoms with Crippen LogP contribution in [0.15, 0.2) is 0 Å². The summed E-state index contributed by atoms with van der Waals surface area (Å²) < 4.78 is -0.445. The smallest absolute Gasteiger partial charge is 0.0978 e. The quantitative estimate of drug-likeness (QED) is 0.492. The highest BCUT2D eigenvalue weighted by Gasteiger charge is 2.54. The Morgan fingerprint density at radius 3 is 2.42 bits per heavy atom. The summed E-state index contributed by atoms with van der Waals surface area (Å²) in [6.45, 7) is 0.